The van der Waals surface area contributed by atoms with Crippen molar-refractivity contribution in [3.63, 3.8) is 0 Å². The number of ketones is 1. The number of benzene rings is 2. The fourth-order valence-electron chi connectivity index (χ4n) is 2.69. The van der Waals surface area contributed by atoms with Crippen LogP contribution in [-0.2, 0) is 22.6 Å². The van der Waals surface area contributed by atoms with Crippen molar-refractivity contribution in [2.24, 2.45) is 0 Å². The number of hydrogen-bond donors (Lipinski definition) is 2. The number of halogens is 1. The maximum Gasteiger partial charge on any atom is 0.307 e. The maximum absolute atomic E-state index is 11.1. The van der Waals surface area contributed by atoms with Crippen molar-refractivity contribution in [3.8, 4) is 16.9 Å². The summed E-state index contributed by atoms with van der Waals surface area (Å²) in [6, 6.07) is 11.4. The first-order chi connectivity index (χ1) is 12.4. The molecule has 0 aliphatic rings. The molecule has 2 N–H and O–H groups in total. The van der Waals surface area contributed by atoms with Crippen LogP contribution in [0.3, 0.4) is 0 Å². The molecule has 138 valence electrons. The topological polar surface area (TPSA) is 75.6 Å². The van der Waals surface area contributed by atoms with Gasteiger partial charge in [-0.1, -0.05) is 28.1 Å². The predicted molar refractivity (Wildman–Crippen MR) is 104 cm³/mol. The molecule has 0 aliphatic heterocycles. The van der Waals surface area contributed by atoms with Crippen LogP contribution in [0.15, 0.2) is 40.9 Å². The van der Waals surface area contributed by atoms with E-state index >= 15 is 0 Å². The molecule has 0 saturated carbocycles. The van der Waals surface area contributed by atoms with Gasteiger partial charge in [-0.15, -0.1) is 0 Å². The molecule has 2 aromatic rings. The van der Waals surface area contributed by atoms with Crippen molar-refractivity contribution in [2.45, 2.75) is 26.3 Å². The van der Waals surface area contributed by atoms with Crippen LogP contribution in [0.1, 0.15) is 24.5 Å². The fraction of sp³-hybridized carbons (Fsp3) is 0.300. The second-order valence-corrected chi connectivity index (χ2v) is 6.95. The zero-order valence-corrected chi connectivity index (χ0v) is 16.4. The van der Waals surface area contributed by atoms with Gasteiger partial charge in [-0.05, 0) is 47.9 Å². The van der Waals surface area contributed by atoms with Gasteiger partial charge in [-0.25, -0.2) is 0 Å². The molecule has 0 atom stereocenters. The van der Waals surface area contributed by atoms with E-state index in [1.807, 2.05) is 24.3 Å². The van der Waals surface area contributed by atoms with Crippen molar-refractivity contribution in [3.05, 3.63) is 52.0 Å². The number of aliphatic carboxylic acids is 1. The molecule has 0 bridgehead atoms. The number of nitrogens with one attached hydrogen (secondary N) is 1. The summed E-state index contributed by atoms with van der Waals surface area (Å²) in [7, 11) is 1.60. The Labute approximate surface area is 161 Å². The number of carbonyl (C=O) groups is 2. The van der Waals surface area contributed by atoms with E-state index in [9.17, 15) is 9.59 Å². The smallest absolute Gasteiger partial charge is 0.307 e. The standard InChI is InChI=1S/C20H22BrNO4/c1-13(23)7-8-22-12-15-4-5-16(21)11-17(15)18-9-14(10-20(24)25)3-6-19(18)26-2/h3-6,9,11,22H,7-8,10,12H2,1-2H3,(H,24,25). The minimum Gasteiger partial charge on any atom is -0.496 e. The second-order valence-electron chi connectivity index (χ2n) is 6.04. The molecule has 0 spiro atoms. The van der Waals surface area contributed by atoms with Gasteiger partial charge in [0.1, 0.15) is 11.5 Å². The van der Waals surface area contributed by atoms with E-state index in [4.69, 9.17) is 9.84 Å². The van der Waals surface area contributed by atoms with Gasteiger partial charge < -0.3 is 15.2 Å². The first-order valence-electron chi connectivity index (χ1n) is 8.28. The molecule has 6 heteroatoms. The Hall–Kier alpha value is -2.18. The Bertz CT molecular complexity index is 804. The highest BCUT2D eigenvalue weighted by molar-refractivity contribution is 9.10. The lowest BCUT2D eigenvalue weighted by atomic mass is 9.96. The molecule has 0 heterocycles. The van der Waals surface area contributed by atoms with E-state index in [0.717, 1.165) is 21.2 Å². The normalized spacial score (nSPS) is 10.6. The highest BCUT2D eigenvalue weighted by Crippen LogP contribution is 2.35. The molecule has 0 saturated heterocycles. The Balaban J connectivity index is 2.37. The van der Waals surface area contributed by atoms with Crippen LogP contribution >= 0.6 is 15.9 Å². The summed E-state index contributed by atoms with van der Waals surface area (Å²) in [6.07, 6.45) is 0.445. The van der Waals surface area contributed by atoms with E-state index in [1.165, 1.54) is 0 Å². The first-order valence-corrected chi connectivity index (χ1v) is 9.07. The molecule has 0 unspecified atom stereocenters. The number of carbonyl (C=O) groups excluding carboxylic acids is 1. The number of carboxylic acids is 1. The molecule has 0 aliphatic carbocycles. The number of rotatable bonds is 9. The van der Waals surface area contributed by atoms with Gasteiger partial charge in [0.05, 0.1) is 13.5 Å². The van der Waals surface area contributed by atoms with Crippen LogP contribution in [0, 0.1) is 0 Å². The van der Waals surface area contributed by atoms with Crippen molar-refractivity contribution < 1.29 is 19.4 Å². The van der Waals surface area contributed by atoms with Crippen molar-refractivity contribution in [1.29, 1.82) is 0 Å². The number of hydrogen-bond acceptors (Lipinski definition) is 4. The van der Waals surface area contributed by atoms with E-state index in [2.05, 4.69) is 21.2 Å². The molecular weight excluding hydrogens is 398 g/mol. The van der Waals surface area contributed by atoms with Gasteiger partial charge in [-0.3, -0.25) is 9.59 Å². The van der Waals surface area contributed by atoms with Gasteiger partial charge in [0.25, 0.3) is 0 Å². The minimum atomic E-state index is -0.874. The third-order valence-electron chi connectivity index (χ3n) is 3.95. The number of methoxy groups -OCH3 is 1. The lowest BCUT2D eigenvalue weighted by Gasteiger charge is -2.15. The maximum atomic E-state index is 11.1. The Morgan fingerprint density at radius 3 is 2.58 bits per heavy atom. The summed E-state index contributed by atoms with van der Waals surface area (Å²) >= 11 is 3.50. The summed E-state index contributed by atoms with van der Waals surface area (Å²) in [5, 5.41) is 12.3. The van der Waals surface area contributed by atoms with Crippen LogP contribution in [-0.4, -0.2) is 30.5 Å². The summed E-state index contributed by atoms with van der Waals surface area (Å²) in [5.41, 5.74) is 3.56. The molecule has 5 nitrogen and oxygen atoms in total. The van der Waals surface area contributed by atoms with Gasteiger partial charge in [0, 0.05) is 29.5 Å². The lowest BCUT2D eigenvalue weighted by molar-refractivity contribution is -0.136. The summed E-state index contributed by atoms with van der Waals surface area (Å²) < 4.78 is 6.41. The number of ether oxygens (including phenoxy) is 1. The number of Topliss-reactive ketones (excluding diaryl/α,β-unsaturated/α-hetero) is 1. The van der Waals surface area contributed by atoms with Crippen molar-refractivity contribution in [1.82, 2.24) is 5.32 Å². The van der Waals surface area contributed by atoms with Crippen LogP contribution in [0.4, 0.5) is 0 Å². The Morgan fingerprint density at radius 2 is 1.92 bits per heavy atom. The zero-order chi connectivity index (χ0) is 19.1. The van der Waals surface area contributed by atoms with E-state index < -0.39 is 5.97 Å². The zero-order valence-electron chi connectivity index (χ0n) is 14.8. The minimum absolute atomic E-state index is 0.0445. The van der Waals surface area contributed by atoms with E-state index in [0.29, 0.717) is 30.8 Å². The molecule has 0 amide bonds. The summed E-state index contributed by atoms with van der Waals surface area (Å²) in [6.45, 7) is 2.79. The monoisotopic (exact) mass is 419 g/mol. The van der Waals surface area contributed by atoms with E-state index in [-0.39, 0.29) is 12.2 Å². The Morgan fingerprint density at radius 1 is 1.15 bits per heavy atom. The van der Waals surface area contributed by atoms with Crippen molar-refractivity contribution >= 4 is 27.7 Å². The molecule has 0 radical (unpaired) electrons. The van der Waals surface area contributed by atoms with Crippen LogP contribution < -0.4 is 10.1 Å². The predicted octanol–water partition coefficient (Wildman–Crippen LogP) is 3.82. The average Bonchev–Trinajstić information content (AvgIpc) is 2.59. The molecular formula is C20H22BrNO4. The van der Waals surface area contributed by atoms with Crippen LogP contribution in [0.5, 0.6) is 5.75 Å². The average molecular weight is 420 g/mol. The molecule has 26 heavy (non-hydrogen) atoms. The molecule has 2 aromatic carbocycles. The third kappa shape index (κ3) is 5.68. The lowest BCUT2D eigenvalue weighted by Crippen LogP contribution is -2.17. The fourth-order valence-corrected chi connectivity index (χ4v) is 3.05. The first kappa shape index (κ1) is 20.1. The highest BCUT2D eigenvalue weighted by atomic mass is 79.9. The van der Waals surface area contributed by atoms with Gasteiger partial charge in [-0.2, -0.15) is 0 Å². The second kappa shape index (κ2) is 9.50. The van der Waals surface area contributed by atoms with Crippen molar-refractivity contribution in [2.75, 3.05) is 13.7 Å². The summed E-state index contributed by atoms with van der Waals surface area (Å²) in [5.74, 6) is -0.0414. The number of carboxylic acid groups (broad SMARTS) is 1. The highest BCUT2D eigenvalue weighted by Gasteiger charge is 2.13. The van der Waals surface area contributed by atoms with Gasteiger partial charge in [0.2, 0.25) is 0 Å². The van der Waals surface area contributed by atoms with Gasteiger partial charge >= 0.3 is 5.97 Å². The van der Waals surface area contributed by atoms with Crippen LogP contribution in [0.2, 0.25) is 0 Å². The molecule has 0 fully saturated rings. The quantitative estimate of drug-likeness (QED) is 0.604. The summed E-state index contributed by atoms with van der Waals surface area (Å²) in [4.78, 5) is 22.1. The SMILES string of the molecule is COc1ccc(CC(=O)O)cc1-c1cc(Br)ccc1CNCCC(C)=O. The third-order valence-corrected chi connectivity index (χ3v) is 4.44. The van der Waals surface area contributed by atoms with Crippen LogP contribution in [0.25, 0.3) is 11.1 Å². The Kier molecular flexibility index (Phi) is 7.36. The largest absolute Gasteiger partial charge is 0.496 e. The molecule has 0 aromatic heterocycles. The molecule has 2 rings (SSSR count). The van der Waals surface area contributed by atoms with E-state index in [1.54, 1.807) is 26.2 Å². The van der Waals surface area contributed by atoms with Gasteiger partial charge in [0.15, 0.2) is 0 Å².